The van der Waals surface area contributed by atoms with Gasteiger partial charge in [-0.25, -0.2) is 9.59 Å². The number of hydrogen-bond donors (Lipinski definition) is 2. The third kappa shape index (κ3) is 13.6. The van der Waals surface area contributed by atoms with E-state index in [1.807, 2.05) is 41.5 Å². The zero-order chi connectivity index (χ0) is 31.2. The summed E-state index contributed by atoms with van der Waals surface area (Å²) in [6, 6.07) is -0.837. The summed E-state index contributed by atoms with van der Waals surface area (Å²) in [6.45, 7) is 13.4. The van der Waals surface area contributed by atoms with Crippen LogP contribution in [0.4, 0.5) is 9.59 Å². The van der Waals surface area contributed by atoms with E-state index in [1.54, 1.807) is 9.80 Å². The molecule has 42 heavy (non-hydrogen) atoms. The lowest BCUT2D eigenvalue weighted by Gasteiger charge is -2.28. The molecule has 0 aliphatic carbocycles. The van der Waals surface area contributed by atoms with E-state index in [0.717, 1.165) is 51.4 Å². The molecule has 0 aromatic carbocycles. The minimum absolute atomic E-state index is 0.0702. The van der Waals surface area contributed by atoms with Gasteiger partial charge in [-0.2, -0.15) is 0 Å². The number of amides is 4. The molecule has 10 nitrogen and oxygen atoms in total. The van der Waals surface area contributed by atoms with E-state index < -0.39 is 35.5 Å². The number of ether oxygens (including phenoxy) is 2. The Hall–Kier alpha value is -2.52. The molecule has 2 aliphatic rings. The van der Waals surface area contributed by atoms with Crippen LogP contribution >= 0.6 is 0 Å². The number of unbranched alkanes of at least 4 members (excludes halogenated alkanes) is 9. The first kappa shape index (κ1) is 35.7. The highest BCUT2D eigenvalue weighted by molar-refractivity contribution is 5.86. The molecular weight excluding hydrogens is 536 g/mol. The van der Waals surface area contributed by atoms with Crippen LogP contribution in [0, 0.1) is 0 Å². The van der Waals surface area contributed by atoms with Crippen LogP contribution in [0.2, 0.25) is 0 Å². The molecule has 0 aromatic rings. The average molecular weight is 595 g/mol. The summed E-state index contributed by atoms with van der Waals surface area (Å²) in [7, 11) is 0. The van der Waals surface area contributed by atoms with E-state index >= 15 is 0 Å². The fraction of sp³-hybridized carbons (Fsp3) is 0.875. The van der Waals surface area contributed by atoms with Crippen LogP contribution in [0.15, 0.2) is 0 Å². The summed E-state index contributed by atoms with van der Waals surface area (Å²) < 4.78 is 10.9. The van der Waals surface area contributed by atoms with Crippen LogP contribution in [0.1, 0.15) is 131 Å². The Bertz CT molecular complexity index is 796. The van der Waals surface area contributed by atoms with E-state index in [-0.39, 0.29) is 11.8 Å². The molecule has 2 heterocycles. The Kier molecular flexibility index (Phi) is 14.9. The van der Waals surface area contributed by atoms with Gasteiger partial charge in [0.25, 0.3) is 0 Å². The average Bonchev–Trinajstić information content (AvgIpc) is 3.57. The molecular formula is C32H58N4O6. The maximum atomic E-state index is 12.6. The van der Waals surface area contributed by atoms with E-state index in [0.29, 0.717) is 39.0 Å². The molecule has 0 saturated carbocycles. The number of likely N-dealkylation sites (tertiary alicyclic amines) is 2. The van der Waals surface area contributed by atoms with Crippen LogP contribution in [-0.2, 0) is 19.1 Å². The Labute approximate surface area is 254 Å². The van der Waals surface area contributed by atoms with Crippen molar-refractivity contribution in [1.82, 2.24) is 20.4 Å². The number of hydrogen-bond acceptors (Lipinski definition) is 6. The molecule has 4 amide bonds. The van der Waals surface area contributed by atoms with Gasteiger partial charge in [-0.05, 0) is 80.1 Å². The molecule has 2 unspecified atom stereocenters. The summed E-state index contributed by atoms with van der Waals surface area (Å²) in [6.07, 6.45) is 13.5. The van der Waals surface area contributed by atoms with Crippen LogP contribution in [-0.4, -0.2) is 83.3 Å². The lowest BCUT2D eigenvalue weighted by Crippen LogP contribution is -2.47. The second kappa shape index (κ2) is 17.6. The van der Waals surface area contributed by atoms with Crippen molar-refractivity contribution in [1.29, 1.82) is 0 Å². The van der Waals surface area contributed by atoms with Crippen LogP contribution in [0.3, 0.4) is 0 Å². The fourth-order valence-corrected chi connectivity index (χ4v) is 5.48. The number of nitrogens with zero attached hydrogens (tertiary/aromatic N) is 2. The molecule has 2 saturated heterocycles. The molecule has 0 aromatic heterocycles. The SMILES string of the molecule is CC(C)(C)OC(=O)N1CCCC1C(=O)NCCCCCCCCCCCCNC(=O)C1CCCN1C(=O)OC(C)(C)C. The summed E-state index contributed by atoms with van der Waals surface area (Å²) in [4.78, 5) is 53.1. The molecule has 10 heteroatoms. The van der Waals surface area contributed by atoms with Gasteiger partial charge >= 0.3 is 12.2 Å². The van der Waals surface area contributed by atoms with Gasteiger partial charge < -0.3 is 20.1 Å². The summed E-state index contributed by atoms with van der Waals surface area (Å²) in [5.41, 5.74) is -1.13. The molecule has 0 bridgehead atoms. The maximum Gasteiger partial charge on any atom is 0.410 e. The molecule has 2 N–H and O–H groups in total. The van der Waals surface area contributed by atoms with Crippen LogP contribution in [0.25, 0.3) is 0 Å². The van der Waals surface area contributed by atoms with Crippen molar-refractivity contribution in [2.45, 2.75) is 155 Å². The predicted molar refractivity (Wildman–Crippen MR) is 164 cm³/mol. The maximum absolute atomic E-state index is 12.6. The van der Waals surface area contributed by atoms with Crippen molar-refractivity contribution in [3.63, 3.8) is 0 Å². The first-order valence-electron chi connectivity index (χ1n) is 16.3. The van der Waals surface area contributed by atoms with Crippen molar-refractivity contribution in [3.05, 3.63) is 0 Å². The predicted octanol–water partition coefficient (Wildman–Crippen LogP) is 5.92. The molecule has 242 valence electrons. The lowest BCUT2D eigenvalue weighted by atomic mass is 10.1. The van der Waals surface area contributed by atoms with E-state index in [2.05, 4.69) is 10.6 Å². The van der Waals surface area contributed by atoms with Crippen molar-refractivity contribution in [2.24, 2.45) is 0 Å². The highest BCUT2D eigenvalue weighted by atomic mass is 16.6. The first-order chi connectivity index (χ1) is 19.8. The van der Waals surface area contributed by atoms with Gasteiger partial charge in [0, 0.05) is 26.2 Å². The van der Waals surface area contributed by atoms with Crippen LogP contribution < -0.4 is 10.6 Å². The van der Waals surface area contributed by atoms with Gasteiger partial charge in [-0.15, -0.1) is 0 Å². The Morgan fingerprint density at radius 1 is 0.571 bits per heavy atom. The quantitative estimate of drug-likeness (QED) is 0.227. The number of nitrogens with one attached hydrogen (secondary N) is 2. The van der Waals surface area contributed by atoms with E-state index in [4.69, 9.17) is 9.47 Å². The highest BCUT2D eigenvalue weighted by Gasteiger charge is 2.37. The van der Waals surface area contributed by atoms with Crippen molar-refractivity contribution in [3.8, 4) is 0 Å². The van der Waals surface area contributed by atoms with Gasteiger partial charge in [0.15, 0.2) is 0 Å². The summed E-state index contributed by atoms with van der Waals surface area (Å²) in [5.74, 6) is -0.140. The zero-order valence-corrected chi connectivity index (χ0v) is 27.2. The largest absolute Gasteiger partial charge is 0.444 e. The van der Waals surface area contributed by atoms with Gasteiger partial charge in [-0.1, -0.05) is 51.4 Å². The topological polar surface area (TPSA) is 117 Å². The second-order valence-electron chi connectivity index (χ2n) is 13.8. The van der Waals surface area contributed by atoms with Crippen molar-refractivity contribution >= 4 is 24.0 Å². The monoisotopic (exact) mass is 594 g/mol. The molecule has 2 aliphatic heterocycles. The summed E-state index contributed by atoms with van der Waals surface area (Å²) in [5, 5.41) is 6.02. The normalized spacial score (nSPS) is 19.1. The number of carbonyl (C=O) groups is 4. The van der Waals surface area contributed by atoms with Gasteiger partial charge in [0.05, 0.1) is 0 Å². The molecule has 0 spiro atoms. The minimum atomic E-state index is -0.565. The fourth-order valence-electron chi connectivity index (χ4n) is 5.48. The lowest BCUT2D eigenvalue weighted by molar-refractivity contribution is -0.126. The second-order valence-corrected chi connectivity index (χ2v) is 13.8. The highest BCUT2D eigenvalue weighted by Crippen LogP contribution is 2.22. The summed E-state index contributed by atoms with van der Waals surface area (Å²) >= 11 is 0. The third-order valence-electron chi connectivity index (χ3n) is 7.57. The number of rotatable bonds is 15. The van der Waals surface area contributed by atoms with Crippen LogP contribution in [0.5, 0.6) is 0 Å². The third-order valence-corrected chi connectivity index (χ3v) is 7.57. The van der Waals surface area contributed by atoms with Gasteiger partial charge in [-0.3, -0.25) is 19.4 Å². The van der Waals surface area contributed by atoms with Gasteiger partial charge in [0.2, 0.25) is 11.8 Å². The molecule has 2 fully saturated rings. The smallest absolute Gasteiger partial charge is 0.410 e. The Morgan fingerprint density at radius 3 is 1.19 bits per heavy atom. The van der Waals surface area contributed by atoms with Gasteiger partial charge in [0.1, 0.15) is 23.3 Å². The molecule has 2 rings (SSSR count). The molecule has 2 atom stereocenters. The zero-order valence-electron chi connectivity index (χ0n) is 27.2. The van der Waals surface area contributed by atoms with E-state index in [9.17, 15) is 19.2 Å². The Morgan fingerprint density at radius 2 is 0.881 bits per heavy atom. The number of carbonyl (C=O) groups excluding carboxylic acids is 4. The van der Waals surface area contributed by atoms with Crippen molar-refractivity contribution < 1.29 is 28.7 Å². The Balaban J connectivity index is 1.43. The minimum Gasteiger partial charge on any atom is -0.444 e. The van der Waals surface area contributed by atoms with E-state index in [1.165, 1.54) is 25.7 Å². The molecule has 0 radical (unpaired) electrons. The first-order valence-corrected chi connectivity index (χ1v) is 16.3. The van der Waals surface area contributed by atoms with Crippen molar-refractivity contribution in [2.75, 3.05) is 26.2 Å². The standard InChI is InChI=1S/C32H58N4O6/c1-31(2,3)41-29(39)35-23-17-19-25(35)27(37)33-21-15-13-11-9-7-8-10-12-14-16-22-34-28(38)26-20-18-24-36(26)30(40)42-32(4,5)6/h25-26H,7-24H2,1-6H3,(H,33,37)(H,34,38).